The maximum atomic E-state index is 13.5. The van der Waals surface area contributed by atoms with E-state index in [-0.39, 0.29) is 61.6 Å². The first-order valence-corrected chi connectivity index (χ1v) is 16.7. The van der Waals surface area contributed by atoms with Crippen LogP contribution in [-0.4, -0.2) is 81.3 Å². The second kappa shape index (κ2) is 12.6. The highest BCUT2D eigenvalue weighted by molar-refractivity contribution is 6.01. The molecule has 5 rings (SSSR count). The number of hydrogen-bond acceptors (Lipinski definition) is 9. The molecular weight excluding hydrogens is 594 g/mol. The lowest BCUT2D eigenvalue weighted by Crippen LogP contribution is -2.61. The van der Waals surface area contributed by atoms with Gasteiger partial charge in [-0.1, -0.05) is 25.5 Å². The minimum atomic E-state index is -1.78. The van der Waals surface area contributed by atoms with Crippen molar-refractivity contribution in [2.45, 2.75) is 115 Å². The van der Waals surface area contributed by atoms with Gasteiger partial charge >= 0.3 is 11.9 Å². The van der Waals surface area contributed by atoms with Crippen molar-refractivity contribution in [3.8, 4) is 0 Å². The molecule has 9 atom stereocenters. The average Bonchev–Trinajstić information content (AvgIpc) is 3.24. The van der Waals surface area contributed by atoms with E-state index < -0.39 is 64.4 Å². The Labute approximate surface area is 270 Å². The molecule has 1 heterocycles. The summed E-state index contributed by atoms with van der Waals surface area (Å²) >= 11 is 0. The monoisotopic (exact) mass is 643 g/mol. The fourth-order valence-corrected chi connectivity index (χ4v) is 9.77. The number of carbonyl (C=O) groups is 5. The number of aliphatic hydroxyl groups is 2. The lowest BCUT2D eigenvalue weighted by molar-refractivity contribution is -0.181. The van der Waals surface area contributed by atoms with Gasteiger partial charge < -0.3 is 30.1 Å². The van der Waals surface area contributed by atoms with Gasteiger partial charge in [0.15, 0.2) is 12.4 Å². The van der Waals surface area contributed by atoms with Gasteiger partial charge in [0.05, 0.1) is 24.5 Å². The predicted octanol–water partition coefficient (Wildman–Crippen LogP) is 3.05. The first-order chi connectivity index (χ1) is 21.5. The number of aliphatic hydroxyl groups excluding tert-OH is 1. The van der Waals surface area contributed by atoms with E-state index in [1.165, 1.54) is 0 Å². The molecule has 0 spiro atoms. The third-order valence-corrected chi connectivity index (χ3v) is 12.1. The van der Waals surface area contributed by atoms with E-state index in [0.29, 0.717) is 32.3 Å². The van der Waals surface area contributed by atoms with E-state index in [0.717, 1.165) is 12.0 Å². The van der Waals surface area contributed by atoms with Crippen LogP contribution in [0.25, 0.3) is 0 Å². The van der Waals surface area contributed by atoms with Crippen molar-refractivity contribution >= 4 is 29.4 Å². The summed E-state index contributed by atoms with van der Waals surface area (Å²) in [4.78, 5) is 62.4. The topological polar surface area (TPSA) is 177 Å². The Hall–Kier alpha value is -2.89. The van der Waals surface area contributed by atoms with Gasteiger partial charge in [-0.3, -0.25) is 24.0 Å². The van der Waals surface area contributed by atoms with Crippen molar-refractivity contribution in [2.24, 2.45) is 34.5 Å². The highest BCUT2D eigenvalue weighted by Crippen LogP contribution is 2.67. The van der Waals surface area contributed by atoms with Gasteiger partial charge in [0, 0.05) is 35.8 Å². The number of nitrogens with one attached hydrogen (secondary N) is 1. The van der Waals surface area contributed by atoms with Gasteiger partial charge in [-0.25, -0.2) is 0 Å². The minimum Gasteiger partial charge on any atom is -0.481 e. The standard InChI is InChI=1S/C35H49NO10/c1-32(2)17-20(11-14-46-32)25(16-29(41)42)36-28(40)7-8-30(43)45-19-27(39)35(44)13-10-24-23-6-5-21-15-22(37)9-12-33(21,3)31(23)26(38)18-34(24,35)4/h9,12,15,20,23-26,31,38,44H,5-8,10-11,13-14,16-19H2,1-4H3,(H,36,40)(H,41,42)/t20-,23+,24+,25-,26+,31-,33+,34+,35+/m1/s1. The van der Waals surface area contributed by atoms with Crippen molar-refractivity contribution in [3.05, 3.63) is 23.8 Å². The summed E-state index contributed by atoms with van der Waals surface area (Å²) < 4.78 is 11.0. The van der Waals surface area contributed by atoms with Crippen LogP contribution in [0.5, 0.6) is 0 Å². The molecule has 4 fully saturated rings. The Morgan fingerprint density at radius 3 is 2.52 bits per heavy atom. The summed E-state index contributed by atoms with van der Waals surface area (Å²) in [6.07, 6.45) is 7.28. The highest BCUT2D eigenvalue weighted by Gasteiger charge is 2.68. The number of hydrogen-bond donors (Lipinski definition) is 4. The fourth-order valence-electron chi connectivity index (χ4n) is 9.77. The van der Waals surface area contributed by atoms with E-state index in [2.05, 4.69) is 12.2 Å². The summed E-state index contributed by atoms with van der Waals surface area (Å²) in [6, 6.07) is -0.604. The average molecular weight is 644 g/mol. The number of amides is 1. The number of fused-ring (bicyclic) bond motifs is 5. The quantitative estimate of drug-likeness (QED) is 0.259. The van der Waals surface area contributed by atoms with Gasteiger partial charge in [0.2, 0.25) is 11.7 Å². The summed E-state index contributed by atoms with van der Waals surface area (Å²) in [5, 5.41) is 35.6. The van der Waals surface area contributed by atoms with Crippen LogP contribution in [0.1, 0.15) is 91.9 Å². The van der Waals surface area contributed by atoms with Crippen molar-refractivity contribution < 1.29 is 48.8 Å². The second-order valence-corrected chi connectivity index (χ2v) is 15.3. The Bertz CT molecular complexity index is 1340. The van der Waals surface area contributed by atoms with Crippen molar-refractivity contribution in [1.82, 2.24) is 5.32 Å². The fraction of sp³-hybridized carbons (Fsp3) is 0.743. The van der Waals surface area contributed by atoms with Crippen LogP contribution in [0.3, 0.4) is 0 Å². The number of allylic oxidation sites excluding steroid dienone is 4. The number of rotatable bonds is 10. The van der Waals surface area contributed by atoms with E-state index in [1.807, 2.05) is 26.8 Å². The molecule has 254 valence electrons. The van der Waals surface area contributed by atoms with Crippen LogP contribution in [0.15, 0.2) is 23.8 Å². The van der Waals surface area contributed by atoms with Crippen LogP contribution in [0.4, 0.5) is 0 Å². The number of carbonyl (C=O) groups excluding carboxylic acids is 4. The zero-order valence-electron chi connectivity index (χ0n) is 27.4. The second-order valence-electron chi connectivity index (χ2n) is 15.3. The normalized spacial score (nSPS) is 38.4. The molecule has 0 aromatic carbocycles. The van der Waals surface area contributed by atoms with Gasteiger partial charge in [0.25, 0.3) is 0 Å². The number of esters is 1. The van der Waals surface area contributed by atoms with Gasteiger partial charge in [-0.15, -0.1) is 0 Å². The van der Waals surface area contributed by atoms with Crippen molar-refractivity contribution in [1.29, 1.82) is 0 Å². The largest absolute Gasteiger partial charge is 0.481 e. The zero-order chi connectivity index (χ0) is 33.7. The minimum absolute atomic E-state index is 0.0290. The molecule has 46 heavy (non-hydrogen) atoms. The molecule has 1 saturated heterocycles. The van der Waals surface area contributed by atoms with Crippen LogP contribution < -0.4 is 5.32 Å². The van der Waals surface area contributed by atoms with Crippen LogP contribution in [-0.2, 0) is 33.4 Å². The molecule has 11 heteroatoms. The van der Waals surface area contributed by atoms with Crippen molar-refractivity contribution in [3.63, 3.8) is 0 Å². The molecule has 11 nitrogen and oxygen atoms in total. The number of ether oxygens (including phenoxy) is 2. The summed E-state index contributed by atoms with van der Waals surface area (Å²) in [7, 11) is 0. The van der Waals surface area contributed by atoms with E-state index >= 15 is 0 Å². The summed E-state index contributed by atoms with van der Waals surface area (Å²) in [6.45, 7) is 7.59. The number of aliphatic carboxylic acids is 1. The molecule has 4 aliphatic carbocycles. The molecule has 0 aromatic heterocycles. The lowest BCUT2D eigenvalue weighted by atomic mass is 9.46. The molecule has 0 aromatic rings. The van der Waals surface area contributed by atoms with Gasteiger partial charge in [-0.05, 0) is 88.7 Å². The van der Waals surface area contributed by atoms with Gasteiger partial charge in [0.1, 0.15) is 5.60 Å². The van der Waals surface area contributed by atoms with Crippen LogP contribution in [0, 0.1) is 34.5 Å². The third kappa shape index (κ3) is 6.34. The Morgan fingerprint density at radius 1 is 1.09 bits per heavy atom. The number of carboxylic acid groups (broad SMARTS) is 1. The van der Waals surface area contributed by atoms with Gasteiger partial charge in [-0.2, -0.15) is 0 Å². The molecule has 5 aliphatic rings. The number of Topliss-reactive ketones (excluding diaryl/α,β-unsaturated/α-hetero) is 1. The first-order valence-electron chi connectivity index (χ1n) is 16.7. The molecule has 1 aliphatic heterocycles. The van der Waals surface area contributed by atoms with Crippen molar-refractivity contribution in [2.75, 3.05) is 13.2 Å². The maximum absolute atomic E-state index is 13.5. The summed E-state index contributed by atoms with van der Waals surface area (Å²) in [5.41, 5.74) is -2.56. The zero-order valence-corrected chi connectivity index (χ0v) is 27.4. The Balaban J connectivity index is 1.16. The highest BCUT2D eigenvalue weighted by atomic mass is 16.5. The molecule has 0 radical (unpaired) electrons. The molecule has 3 saturated carbocycles. The third-order valence-electron chi connectivity index (χ3n) is 12.1. The molecule has 0 bridgehead atoms. The van der Waals surface area contributed by atoms with Crippen LogP contribution >= 0.6 is 0 Å². The molecular formula is C35H49NO10. The summed E-state index contributed by atoms with van der Waals surface area (Å²) in [5.74, 6) is -3.14. The predicted molar refractivity (Wildman–Crippen MR) is 165 cm³/mol. The smallest absolute Gasteiger partial charge is 0.306 e. The number of carboxylic acids is 1. The first kappa shape index (κ1) is 34.4. The molecule has 4 N–H and O–H groups in total. The number of ketones is 2. The Morgan fingerprint density at radius 2 is 1.83 bits per heavy atom. The van der Waals surface area contributed by atoms with E-state index in [1.54, 1.807) is 12.2 Å². The molecule has 0 unspecified atom stereocenters. The Kier molecular flexibility index (Phi) is 9.45. The van der Waals surface area contributed by atoms with E-state index in [4.69, 9.17) is 9.47 Å². The molecule has 1 amide bonds. The maximum Gasteiger partial charge on any atom is 0.306 e. The van der Waals surface area contributed by atoms with Crippen LogP contribution in [0.2, 0.25) is 0 Å². The van der Waals surface area contributed by atoms with E-state index in [9.17, 15) is 39.3 Å². The lowest BCUT2D eigenvalue weighted by Gasteiger charge is -2.59. The SMILES string of the molecule is CC1(C)C[C@H]([C@@H](CC(=O)O)NC(=O)CCC(=O)OCC(=O)[C@@]2(O)CC[C@H]3[C@@H]4CCC5=CC(=O)C=C[C@]5(C)[C@H]4[C@@H](O)C[C@@]32C)CCO1.